The summed E-state index contributed by atoms with van der Waals surface area (Å²) in [6.07, 6.45) is 12.6. The minimum absolute atomic E-state index is 0.0558. The van der Waals surface area contributed by atoms with Crippen LogP contribution < -0.4 is 19.7 Å². The van der Waals surface area contributed by atoms with Crippen molar-refractivity contribution in [3.8, 4) is 35.4 Å². The first kappa shape index (κ1) is 30.0. The van der Waals surface area contributed by atoms with Crippen molar-refractivity contribution < 1.29 is 18.3 Å². The summed E-state index contributed by atoms with van der Waals surface area (Å²) in [7, 11) is 0. The molecule has 8 nitrogen and oxygen atoms in total. The molecule has 5 aromatic rings. The van der Waals surface area contributed by atoms with Crippen LogP contribution in [0.1, 0.15) is 49.3 Å². The summed E-state index contributed by atoms with van der Waals surface area (Å²) < 4.78 is 44.7. The van der Waals surface area contributed by atoms with Gasteiger partial charge in [0.2, 0.25) is 0 Å². The molecule has 10 rings (SSSR count). The van der Waals surface area contributed by atoms with Gasteiger partial charge in [-0.05, 0) is 56.2 Å². The molecule has 5 aliphatic rings. The van der Waals surface area contributed by atoms with Crippen molar-refractivity contribution in [2.75, 3.05) is 37.7 Å². The highest BCUT2D eigenvalue weighted by atomic mass is 19.1. The molecule has 4 fully saturated rings. The van der Waals surface area contributed by atoms with Crippen molar-refractivity contribution in [1.29, 1.82) is 0 Å². The number of hydrogen-bond donors (Lipinski definition) is 1. The molecule has 0 spiro atoms. The van der Waals surface area contributed by atoms with Crippen molar-refractivity contribution in [1.82, 2.24) is 25.2 Å². The lowest BCUT2D eigenvalue weighted by Gasteiger charge is -2.36. The predicted molar refractivity (Wildman–Crippen MR) is 187 cm³/mol. The number of aromatic nitrogens is 3. The Bertz CT molecular complexity index is 2230. The number of piperazine rings is 1. The second-order valence-corrected chi connectivity index (χ2v) is 14.6. The van der Waals surface area contributed by atoms with Gasteiger partial charge in [-0.25, -0.2) is 8.78 Å². The molecule has 7 heterocycles. The van der Waals surface area contributed by atoms with E-state index in [1.807, 2.05) is 12.1 Å². The highest BCUT2D eigenvalue weighted by Gasteiger charge is 2.56. The number of hydrogen-bond acceptors (Lipinski definition) is 8. The summed E-state index contributed by atoms with van der Waals surface area (Å²) >= 11 is 0. The van der Waals surface area contributed by atoms with E-state index in [9.17, 15) is 4.39 Å². The highest BCUT2D eigenvalue weighted by Crippen LogP contribution is 2.55. The molecule has 5 aliphatic heterocycles. The zero-order valence-corrected chi connectivity index (χ0v) is 27.5. The average molecular weight is 671 g/mol. The van der Waals surface area contributed by atoms with E-state index in [1.165, 1.54) is 11.6 Å². The van der Waals surface area contributed by atoms with Gasteiger partial charge in [-0.2, -0.15) is 9.97 Å². The third-order valence-corrected chi connectivity index (χ3v) is 11.8. The lowest BCUT2D eigenvalue weighted by molar-refractivity contribution is 0.0780. The Hall–Kier alpha value is -4.85. The Labute approximate surface area is 288 Å². The van der Waals surface area contributed by atoms with Crippen LogP contribution in [0.2, 0.25) is 0 Å². The van der Waals surface area contributed by atoms with Crippen LogP contribution in [-0.4, -0.2) is 70.3 Å². The number of pyridine rings is 1. The van der Waals surface area contributed by atoms with E-state index in [4.69, 9.17) is 25.9 Å². The van der Waals surface area contributed by atoms with Crippen LogP contribution in [0.15, 0.2) is 60.8 Å². The van der Waals surface area contributed by atoms with Gasteiger partial charge in [0.25, 0.3) is 0 Å². The van der Waals surface area contributed by atoms with Crippen LogP contribution in [0.3, 0.4) is 0 Å². The van der Waals surface area contributed by atoms with Gasteiger partial charge >= 0.3 is 6.01 Å². The molecule has 0 aliphatic carbocycles. The normalized spacial score (nSPS) is 26.8. The largest absolute Gasteiger partial charge is 0.493 e. The molecular weight excluding hydrogens is 634 g/mol. The molecule has 5 unspecified atom stereocenters. The molecule has 2 bridgehead atoms. The summed E-state index contributed by atoms with van der Waals surface area (Å²) in [6, 6.07) is 17.8. The quantitative estimate of drug-likeness (QED) is 0.215. The summed E-state index contributed by atoms with van der Waals surface area (Å²) in [6.45, 7) is 3.57. The summed E-state index contributed by atoms with van der Waals surface area (Å²) in [5.74, 6) is 3.27. The molecule has 10 heteroatoms. The topological polar surface area (TPSA) is 75.6 Å². The third-order valence-electron chi connectivity index (χ3n) is 11.8. The molecule has 5 atom stereocenters. The second kappa shape index (κ2) is 11.3. The number of anilines is 1. The van der Waals surface area contributed by atoms with Gasteiger partial charge in [0.15, 0.2) is 5.82 Å². The number of halogens is 2. The van der Waals surface area contributed by atoms with Crippen molar-refractivity contribution >= 4 is 27.5 Å². The maximum absolute atomic E-state index is 17.0. The second-order valence-electron chi connectivity index (χ2n) is 14.6. The van der Waals surface area contributed by atoms with E-state index < -0.39 is 11.6 Å². The van der Waals surface area contributed by atoms with Gasteiger partial charge in [-0.3, -0.25) is 9.88 Å². The van der Waals surface area contributed by atoms with E-state index in [2.05, 4.69) is 44.2 Å². The fourth-order valence-corrected chi connectivity index (χ4v) is 9.68. The van der Waals surface area contributed by atoms with Gasteiger partial charge in [0.05, 0.1) is 23.1 Å². The van der Waals surface area contributed by atoms with Crippen LogP contribution in [0.5, 0.6) is 11.8 Å². The number of para-hydroxylation sites is 1. The number of nitrogens with zero attached hydrogens (tertiary/aromatic N) is 5. The lowest BCUT2D eigenvalue weighted by Crippen LogP contribution is -2.51. The van der Waals surface area contributed by atoms with Crippen LogP contribution in [0.25, 0.3) is 32.9 Å². The minimum Gasteiger partial charge on any atom is -0.493 e. The fraction of sp³-hybridized carbons (Fsp3) is 0.375. The number of terminal acetylenes is 1. The Morgan fingerprint density at radius 2 is 1.90 bits per heavy atom. The fourth-order valence-electron chi connectivity index (χ4n) is 9.68. The van der Waals surface area contributed by atoms with Crippen molar-refractivity contribution in [3.05, 3.63) is 83.6 Å². The summed E-state index contributed by atoms with van der Waals surface area (Å²) in [5, 5.41) is 5.34. The van der Waals surface area contributed by atoms with Crippen molar-refractivity contribution in [2.24, 2.45) is 5.92 Å². The van der Waals surface area contributed by atoms with Crippen LogP contribution >= 0.6 is 0 Å². The van der Waals surface area contributed by atoms with Gasteiger partial charge < -0.3 is 19.7 Å². The first-order valence-electron chi connectivity index (χ1n) is 17.7. The van der Waals surface area contributed by atoms with Crippen LogP contribution in [-0.2, 0) is 0 Å². The van der Waals surface area contributed by atoms with Gasteiger partial charge in [-0.1, -0.05) is 48.4 Å². The Kier molecular flexibility index (Phi) is 6.81. The van der Waals surface area contributed by atoms with E-state index in [0.717, 1.165) is 57.5 Å². The molecule has 1 N–H and O–H groups in total. The number of fused-ring (bicyclic) bond motifs is 9. The molecule has 252 valence electrons. The predicted octanol–water partition coefficient (Wildman–Crippen LogP) is 6.41. The molecule has 2 aromatic heterocycles. The lowest BCUT2D eigenvalue weighted by atomic mass is 9.86. The molecule has 4 saturated heterocycles. The first-order valence-corrected chi connectivity index (χ1v) is 17.7. The Morgan fingerprint density at radius 1 is 1.04 bits per heavy atom. The van der Waals surface area contributed by atoms with E-state index in [0.29, 0.717) is 58.8 Å². The summed E-state index contributed by atoms with van der Waals surface area (Å²) in [4.78, 5) is 19.2. The van der Waals surface area contributed by atoms with Crippen molar-refractivity contribution in [3.63, 3.8) is 0 Å². The Balaban J connectivity index is 1.07. The zero-order chi connectivity index (χ0) is 33.6. The molecule has 50 heavy (non-hydrogen) atoms. The molecule has 0 amide bonds. The SMILES string of the molecule is C#Cc1c(F)ccc2cccc(-c3ncc4c(N5CC6CCC(C5)N6)nc(OCC56CCCN5C5c7ccccc7OCC5C6)nc4c3F)c12. The number of rotatable bonds is 5. The minimum atomic E-state index is -0.616. The van der Waals surface area contributed by atoms with Gasteiger partial charge in [0, 0.05) is 59.8 Å². The molecule has 3 aromatic carbocycles. The maximum atomic E-state index is 17.0. The number of nitrogens with one attached hydrogen (secondary N) is 1. The van der Waals surface area contributed by atoms with E-state index in [-0.39, 0.29) is 34.4 Å². The maximum Gasteiger partial charge on any atom is 0.319 e. The number of ether oxygens (including phenoxy) is 2. The molecular formula is C40H36F2N6O2. The Morgan fingerprint density at radius 3 is 2.76 bits per heavy atom. The van der Waals surface area contributed by atoms with E-state index in [1.54, 1.807) is 24.4 Å². The van der Waals surface area contributed by atoms with Crippen molar-refractivity contribution in [2.45, 2.75) is 55.8 Å². The zero-order valence-electron chi connectivity index (χ0n) is 27.5. The monoisotopic (exact) mass is 670 g/mol. The highest BCUT2D eigenvalue weighted by molar-refractivity contribution is 6.02. The van der Waals surface area contributed by atoms with Gasteiger partial charge in [0.1, 0.15) is 35.2 Å². The average Bonchev–Trinajstić information content (AvgIpc) is 3.81. The summed E-state index contributed by atoms with van der Waals surface area (Å²) in [5.41, 5.74) is 1.72. The first-order chi connectivity index (χ1) is 24.5. The molecule has 0 saturated carbocycles. The van der Waals surface area contributed by atoms with Crippen LogP contribution in [0, 0.1) is 29.9 Å². The van der Waals surface area contributed by atoms with Gasteiger partial charge in [-0.15, -0.1) is 6.42 Å². The van der Waals surface area contributed by atoms with Crippen LogP contribution in [0.4, 0.5) is 14.6 Å². The third kappa shape index (κ3) is 4.53. The molecule has 0 radical (unpaired) electrons. The van der Waals surface area contributed by atoms with E-state index >= 15 is 4.39 Å². The smallest absolute Gasteiger partial charge is 0.319 e. The standard InChI is InChI=1S/C40H36F2N6O2/c1-2-27-31(41)14-11-23-7-5-9-29(33(23)27)35-34(42)36-30(18-43-35)38(47-19-25-12-13-26(20-47)44-25)46-39(45-36)50-22-40-15-6-16-48(40)37-24(17-40)21-49-32-10-4-3-8-28(32)37/h1,3-5,7-11,14,18,24-26,37,44H,6,12-13,15-17,19-22H2. The number of benzene rings is 3.